The molecule has 1 aliphatic rings. The Bertz CT molecular complexity index is 932. The molecule has 0 radical (unpaired) electrons. The first-order chi connectivity index (χ1) is 13.7. The highest BCUT2D eigenvalue weighted by Crippen LogP contribution is 2.22. The summed E-state index contributed by atoms with van der Waals surface area (Å²) in [5.41, 5.74) is 0.839. The number of nitrogens with zero attached hydrogens (tertiary/aromatic N) is 3. The van der Waals surface area contributed by atoms with Crippen molar-refractivity contribution in [2.75, 3.05) is 13.1 Å². The molecular weight excluding hydrogens is 378 g/mol. The van der Waals surface area contributed by atoms with E-state index in [0.717, 1.165) is 10.4 Å². The van der Waals surface area contributed by atoms with Crippen LogP contribution in [0.25, 0.3) is 11.4 Å². The summed E-state index contributed by atoms with van der Waals surface area (Å²) in [4.78, 5) is 31.5. The van der Waals surface area contributed by atoms with E-state index in [1.165, 1.54) is 11.3 Å². The highest BCUT2D eigenvalue weighted by Gasteiger charge is 2.29. The SMILES string of the molecule is O=C(OCc1nc(-c2ccccc2)no1)C1CCN(C(=O)c2cccs2)CC1. The van der Waals surface area contributed by atoms with E-state index < -0.39 is 0 Å². The molecule has 28 heavy (non-hydrogen) atoms. The molecule has 0 unspecified atom stereocenters. The van der Waals surface area contributed by atoms with E-state index in [-0.39, 0.29) is 30.3 Å². The van der Waals surface area contributed by atoms with Crippen molar-refractivity contribution in [1.29, 1.82) is 0 Å². The molecule has 0 N–H and O–H groups in total. The van der Waals surface area contributed by atoms with Crippen molar-refractivity contribution in [2.45, 2.75) is 19.4 Å². The number of hydrogen-bond acceptors (Lipinski definition) is 7. The predicted octanol–water partition coefficient (Wildman–Crippen LogP) is 3.39. The molecule has 1 fully saturated rings. The minimum atomic E-state index is -0.289. The fourth-order valence-corrected chi connectivity index (χ4v) is 3.83. The van der Waals surface area contributed by atoms with Crippen molar-refractivity contribution in [3.8, 4) is 11.4 Å². The Balaban J connectivity index is 1.26. The number of ether oxygens (including phenoxy) is 1. The lowest BCUT2D eigenvalue weighted by Gasteiger charge is -2.30. The van der Waals surface area contributed by atoms with E-state index in [4.69, 9.17) is 9.26 Å². The van der Waals surface area contributed by atoms with Gasteiger partial charge in [0.25, 0.3) is 11.8 Å². The van der Waals surface area contributed by atoms with Crippen LogP contribution in [0.2, 0.25) is 0 Å². The predicted molar refractivity (Wildman–Crippen MR) is 102 cm³/mol. The molecule has 7 nitrogen and oxygen atoms in total. The molecule has 0 spiro atoms. The number of piperidine rings is 1. The zero-order valence-electron chi connectivity index (χ0n) is 15.1. The van der Waals surface area contributed by atoms with Crippen LogP contribution in [0, 0.1) is 5.92 Å². The lowest BCUT2D eigenvalue weighted by molar-refractivity contribution is -0.152. The Morgan fingerprint density at radius 1 is 1.14 bits per heavy atom. The molecule has 2 aromatic heterocycles. The minimum Gasteiger partial charge on any atom is -0.455 e. The average molecular weight is 397 g/mol. The fraction of sp³-hybridized carbons (Fsp3) is 0.300. The van der Waals surface area contributed by atoms with Gasteiger partial charge in [-0.3, -0.25) is 9.59 Å². The Labute approximate surface area is 165 Å². The lowest BCUT2D eigenvalue weighted by atomic mass is 9.97. The topological polar surface area (TPSA) is 85.5 Å². The maximum atomic E-state index is 12.4. The van der Waals surface area contributed by atoms with Crippen LogP contribution >= 0.6 is 11.3 Å². The van der Waals surface area contributed by atoms with Gasteiger partial charge >= 0.3 is 5.97 Å². The molecule has 0 saturated carbocycles. The quantitative estimate of drug-likeness (QED) is 0.614. The third-order valence-corrected chi connectivity index (χ3v) is 5.54. The molecule has 4 rings (SSSR count). The number of likely N-dealkylation sites (tertiary alicyclic amines) is 1. The number of carbonyl (C=O) groups is 2. The van der Waals surface area contributed by atoms with E-state index in [1.807, 2.05) is 47.8 Å². The van der Waals surface area contributed by atoms with Gasteiger partial charge in [-0.2, -0.15) is 4.98 Å². The molecular formula is C20H19N3O4S. The molecule has 8 heteroatoms. The van der Waals surface area contributed by atoms with Gasteiger partial charge in [-0.1, -0.05) is 41.6 Å². The second-order valence-corrected chi connectivity index (χ2v) is 7.48. The van der Waals surface area contributed by atoms with Gasteiger partial charge in [0, 0.05) is 18.7 Å². The van der Waals surface area contributed by atoms with Crippen molar-refractivity contribution >= 4 is 23.2 Å². The van der Waals surface area contributed by atoms with Crippen molar-refractivity contribution in [2.24, 2.45) is 5.92 Å². The van der Waals surface area contributed by atoms with Gasteiger partial charge in [-0.25, -0.2) is 0 Å². The molecule has 1 aliphatic heterocycles. The van der Waals surface area contributed by atoms with Crippen LogP contribution in [0.15, 0.2) is 52.4 Å². The fourth-order valence-electron chi connectivity index (χ4n) is 3.14. The van der Waals surface area contributed by atoms with Crippen molar-refractivity contribution in [3.63, 3.8) is 0 Å². The van der Waals surface area contributed by atoms with Gasteiger partial charge in [-0.05, 0) is 24.3 Å². The van der Waals surface area contributed by atoms with Gasteiger partial charge in [0.2, 0.25) is 5.82 Å². The molecule has 3 aromatic rings. The van der Waals surface area contributed by atoms with Gasteiger partial charge < -0.3 is 14.2 Å². The molecule has 144 valence electrons. The van der Waals surface area contributed by atoms with Crippen LogP contribution in [-0.2, 0) is 16.1 Å². The standard InChI is InChI=1S/C20H19N3O4S/c24-19(16-7-4-12-28-16)23-10-8-15(9-11-23)20(25)26-13-17-21-18(22-27-17)14-5-2-1-3-6-14/h1-7,12,15H,8-11,13H2. The third-order valence-electron chi connectivity index (χ3n) is 4.69. The average Bonchev–Trinajstić information content (AvgIpc) is 3.44. The van der Waals surface area contributed by atoms with E-state index in [0.29, 0.717) is 31.8 Å². The molecule has 0 aliphatic carbocycles. The smallest absolute Gasteiger partial charge is 0.309 e. The van der Waals surface area contributed by atoms with Crippen molar-refractivity contribution < 1.29 is 18.8 Å². The number of hydrogen-bond donors (Lipinski definition) is 0. The summed E-state index contributed by atoms with van der Waals surface area (Å²) in [6.45, 7) is 1.05. The Morgan fingerprint density at radius 3 is 2.64 bits per heavy atom. The van der Waals surface area contributed by atoms with Crippen molar-refractivity contribution in [1.82, 2.24) is 15.0 Å². The third kappa shape index (κ3) is 4.12. The van der Waals surface area contributed by atoms with E-state index in [1.54, 1.807) is 4.90 Å². The lowest BCUT2D eigenvalue weighted by Crippen LogP contribution is -2.40. The van der Waals surface area contributed by atoms with Crippen LogP contribution < -0.4 is 0 Å². The van der Waals surface area contributed by atoms with E-state index in [2.05, 4.69) is 10.1 Å². The highest BCUT2D eigenvalue weighted by atomic mass is 32.1. The van der Waals surface area contributed by atoms with Gasteiger partial charge in [0.05, 0.1) is 10.8 Å². The number of carbonyl (C=O) groups excluding carboxylic acids is 2. The first kappa shape index (κ1) is 18.4. The summed E-state index contributed by atoms with van der Waals surface area (Å²) in [6.07, 6.45) is 1.18. The summed E-state index contributed by atoms with van der Waals surface area (Å²) in [5.74, 6) is 0.247. The minimum absolute atomic E-state index is 0.0288. The number of benzene rings is 1. The van der Waals surface area contributed by atoms with Crippen LogP contribution in [0.1, 0.15) is 28.4 Å². The normalized spacial score (nSPS) is 14.8. The molecule has 1 aromatic carbocycles. The van der Waals surface area contributed by atoms with Gasteiger partial charge in [0.15, 0.2) is 6.61 Å². The number of rotatable bonds is 5. The molecule has 0 atom stereocenters. The number of aromatic nitrogens is 2. The van der Waals surface area contributed by atoms with Crippen LogP contribution in [0.4, 0.5) is 0 Å². The maximum Gasteiger partial charge on any atom is 0.309 e. The zero-order chi connectivity index (χ0) is 19.3. The maximum absolute atomic E-state index is 12.4. The number of esters is 1. The van der Waals surface area contributed by atoms with E-state index in [9.17, 15) is 9.59 Å². The van der Waals surface area contributed by atoms with Gasteiger partial charge in [0.1, 0.15) is 0 Å². The second kappa shape index (κ2) is 8.35. The van der Waals surface area contributed by atoms with Gasteiger partial charge in [-0.15, -0.1) is 11.3 Å². The Morgan fingerprint density at radius 2 is 1.93 bits per heavy atom. The second-order valence-electron chi connectivity index (χ2n) is 6.53. The number of thiophene rings is 1. The summed E-state index contributed by atoms with van der Waals surface area (Å²) in [5, 5.41) is 5.80. The summed E-state index contributed by atoms with van der Waals surface area (Å²) in [7, 11) is 0. The highest BCUT2D eigenvalue weighted by molar-refractivity contribution is 7.12. The summed E-state index contributed by atoms with van der Waals surface area (Å²) < 4.78 is 10.5. The molecule has 3 heterocycles. The first-order valence-corrected chi connectivity index (χ1v) is 9.96. The molecule has 1 amide bonds. The summed E-state index contributed by atoms with van der Waals surface area (Å²) in [6, 6.07) is 13.1. The summed E-state index contributed by atoms with van der Waals surface area (Å²) >= 11 is 1.43. The Hall–Kier alpha value is -3.00. The van der Waals surface area contributed by atoms with Crippen LogP contribution in [-0.4, -0.2) is 40.0 Å². The largest absolute Gasteiger partial charge is 0.455 e. The van der Waals surface area contributed by atoms with Crippen LogP contribution in [0.5, 0.6) is 0 Å². The monoisotopic (exact) mass is 397 g/mol. The molecule has 1 saturated heterocycles. The number of amides is 1. The first-order valence-electron chi connectivity index (χ1n) is 9.08. The zero-order valence-corrected chi connectivity index (χ0v) is 15.9. The molecule has 0 bridgehead atoms. The van der Waals surface area contributed by atoms with E-state index >= 15 is 0 Å². The Kier molecular flexibility index (Phi) is 5.48. The van der Waals surface area contributed by atoms with Crippen molar-refractivity contribution in [3.05, 3.63) is 58.6 Å². The van der Waals surface area contributed by atoms with Crippen LogP contribution in [0.3, 0.4) is 0 Å².